The molecule has 0 aromatic carbocycles. The Bertz CT molecular complexity index is 831. The van der Waals surface area contributed by atoms with Gasteiger partial charge in [-0.15, -0.1) is 0 Å². The molecule has 0 bridgehead atoms. The molecule has 1 aromatic heterocycles. The number of aromatic nitrogens is 2. The molecular formula is C38H68N2O6. The quantitative estimate of drug-likeness (QED) is 0.0449. The molecule has 0 saturated heterocycles. The van der Waals surface area contributed by atoms with E-state index in [-0.39, 0.29) is 24.0 Å². The summed E-state index contributed by atoms with van der Waals surface area (Å²) < 4.78 is 18.8. The van der Waals surface area contributed by atoms with Gasteiger partial charge in [-0.1, -0.05) is 91.9 Å². The summed E-state index contributed by atoms with van der Waals surface area (Å²) in [5.41, 5.74) is 0. The van der Waals surface area contributed by atoms with E-state index in [0.29, 0.717) is 44.3 Å². The summed E-state index contributed by atoms with van der Waals surface area (Å²) in [6, 6.07) is 0. The van der Waals surface area contributed by atoms with Crippen LogP contribution in [0.3, 0.4) is 0 Å². The summed E-state index contributed by atoms with van der Waals surface area (Å²) in [5.74, 6) is 0.879. The van der Waals surface area contributed by atoms with Crippen LogP contribution in [0.2, 0.25) is 0 Å². The van der Waals surface area contributed by atoms with Crippen molar-refractivity contribution in [3.8, 4) is 0 Å². The van der Waals surface area contributed by atoms with Gasteiger partial charge in [-0.05, 0) is 69.6 Å². The zero-order valence-electron chi connectivity index (χ0n) is 30.0. The van der Waals surface area contributed by atoms with Crippen LogP contribution in [-0.4, -0.2) is 46.8 Å². The minimum Gasteiger partial charge on any atom is -0.466 e. The molecule has 8 heteroatoms. The maximum Gasteiger partial charge on any atom is 0.306 e. The fourth-order valence-electron chi connectivity index (χ4n) is 5.63. The summed E-state index contributed by atoms with van der Waals surface area (Å²) in [6.07, 6.45) is 26.0. The predicted octanol–water partition coefficient (Wildman–Crippen LogP) is 9.78. The molecule has 0 amide bonds. The van der Waals surface area contributed by atoms with Crippen LogP contribution in [0.5, 0.6) is 0 Å². The number of hydrogen-bond acceptors (Lipinski definition) is 7. The number of carbonyl (C=O) groups excluding carboxylic acids is 3. The molecule has 1 aromatic rings. The number of unbranched alkanes of at least 4 members (excludes halogenated alkanes) is 8. The second-order valence-corrected chi connectivity index (χ2v) is 13.4. The van der Waals surface area contributed by atoms with Gasteiger partial charge in [0, 0.05) is 38.2 Å². The fourth-order valence-corrected chi connectivity index (χ4v) is 5.63. The minimum atomic E-state index is -0.128. The Morgan fingerprint density at radius 1 is 0.609 bits per heavy atom. The molecule has 0 N–H and O–H groups in total. The Morgan fingerprint density at radius 3 is 1.61 bits per heavy atom. The van der Waals surface area contributed by atoms with Crippen molar-refractivity contribution in [3.05, 3.63) is 18.7 Å². The van der Waals surface area contributed by atoms with Crippen LogP contribution in [0.4, 0.5) is 0 Å². The zero-order chi connectivity index (χ0) is 33.7. The number of rotatable bonds is 31. The van der Waals surface area contributed by atoms with E-state index in [9.17, 15) is 14.4 Å². The van der Waals surface area contributed by atoms with Gasteiger partial charge < -0.3 is 18.8 Å². The van der Waals surface area contributed by atoms with Gasteiger partial charge in [-0.25, -0.2) is 4.98 Å². The first kappa shape index (κ1) is 41.6. The first-order chi connectivity index (χ1) is 22.3. The molecule has 8 nitrogen and oxygen atoms in total. The highest BCUT2D eigenvalue weighted by atomic mass is 16.5. The molecule has 266 valence electrons. The van der Waals surface area contributed by atoms with Crippen LogP contribution in [0, 0.1) is 11.8 Å². The summed E-state index contributed by atoms with van der Waals surface area (Å²) in [7, 11) is 0. The molecular weight excluding hydrogens is 580 g/mol. The molecule has 2 unspecified atom stereocenters. The average Bonchev–Trinajstić information content (AvgIpc) is 3.56. The lowest BCUT2D eigenvalue weighted by molar-refractivity contribution is -0.150. The van der Waals surface area contributed by atoms with Gasteiger partial charge in [0.15, 0.2) is 0 Å². The second-order valence-electron chi connectivity index (χ2n) is 13.4. The Balaban J connectivity index is 2.25. The number of carbonyl (C=O) groups is 3. The SMILES string of the molecule is CCCCC(C)CCC(=O)OCCCCCCC(CCCCCCOC(=O)CCC(C)CCCC)OC(=O)CCCn1ccnc1. The monoisotopic (exact) mass is 649 g/mol. The lowest BCUT2D eigenvalue weighted by Gasteiger charge is -2.18. The van der Waals surface area contributed by atoms with Gasteiger partial charge in [0.05, 0.1) is 19.5 Å². The number of hydrogen-bond donors (Lipinski definition) is 0. The van der Waals surface area contributed by atoms with Gasteiger partial charge >= 0.3 is 17.9 Å². The molecule has 1 rings (SSSR count). The highest BCUT2D eigenvalue weighted by molar-refractivity contribution is 5.70. The Hall–Kier alpha value is -2.38. The number of ether oxygens (including phenoxy) is 3. The van der Waals surface area contributed by atoms with Crippen molar-refractivity contribution in [2.75, 3.05) is 13.2 Å². The molecule has 2 atom stereocenters. The third-order valence-corrected chi connectivity index (χ3v) is 8.80. The van der Waals surface area contributed by atoms with Gasteiger partial charge in [0.1, 0.15) is 6.10 Å². The maximum absolute atomic E-state index is 12.6. The summed E-state index contributed by atoms with van der Waals surface area (Å²) in [6.45, 7) is 10.6. The van der Waals surface area contributed by atoms with E-state index in [0.717, 1.165) is 90.0 Å². The number of aryl methyl sites for hydroxylation is 1. The Labute approximate surface area is 281 Å². The van der Waals surface area contributed by atoms with Crippen LogP contribution in [0.15, 0.2) is 18.7 Å². The molecule has 0 saturated carbocycles. The summed E-state index contributed by atoms with van der Waals surface area (Å²) in [5, 5.41) is 0. The zero-order valence-corrected chi connectivity index (χ0v) is 30.0. The van der Waals surface area contributed by atoms with Crippen molar-refractivity contribution in [3.63, 3.8) is 0 Å². The largest absolute Gasteiger partial charge is 0.466 e. The maximum atomic E-state index is 12.6. The van der Waals surface area contributed by atoms with Crippen molar-refractivity contribution in [2.24, 2.45) is 11.8 Å². The molecule has 0 fully saturated rings. The third kappa shape index (κ3) is 24.8. The van der Waals surface area contributed by atoms with Gasteiger partial charge in [0.2, 0.25) is 0 Å². The Kier molecular flexibility index (Phi) is 26.1. The van der Waals surface area contributed by atoms with E-state index < -0.39 is 0 Å². The van der Waals surface area contributed by atoms with E-state index in [1.54, 1.807) is 12.5 Å². The lowest BCUT2D eigenvalue weighted by atomic mass is 9.99. The number of imidazole rings is 1. The molecule has 0 spiro atoms. The lowest BCUT2D eigenvalue weighted by Crippen LogP contribution is -2.19. The van der Waals surface area contributed by atoms with Crippen molar-refractivity contribution in [2.45, 2.75) is 182 Å². The molecule has 0 aliphatic rings. The first-order valence-corrected chi connectivity index (χ1v) is 18.8. The summed E-state index contributed by atoms with van der Waals surface area (Å²) >= 11 is 0. The molecule has 0 aliphatic carbocycles. The van der Waals surface area contributed by atoms with Crippen molar-refractivity contribution >= 4 is 17.9 Å². The first-order valence-electron chi connectivity index (χ1n) is 18.8. The molecule has 0 aliphatic heterocycles. The van der Waals surface area contributed by atoms with Crippen molar-refractivity contribution in [1.82, 2.24) is 9.55 Å². The highest BCUT2D eigenvalue weighted by Crippen LogP contribution is 2.18. The average molecular weight is 649 g/mol. The van der Waals surface area contributed by atoms with Crippen LogP contribution < -0.4 is 0 Å². The predicted molar refractivity (Wildman–Crippen MR) is 185 cm³/mol. The van der Waals surface area contributed by atoms with E-state index in [1.807, 2.05) is 10.8 Å². The molecule has 0 radical (unpaired) electrons. The summed E-state index contributed by atoms with van der Waals surface area (Å²) in [4.78, 5) is 40.7. The topological polar surface area (TPSA) is 96.7 Å². The normalized spacial score (nSPS) is 13.2. The Morgan fingerprint density at radius 2 is 1.13 bits per heavy atom. The van der Waals surface area contributed by atoms with E-state index in [1.165, 1.54) is 38.5 Å². The second kappa shape index (κ2) is 28.8. The number of nitrogens with zero attached hydrogens (tertiary/aromatic N) is 2. The van der Waals surface area contributed by atoms with Crippen LogP contribution in [0.1, 0.15) is 169 Å². The van der Waals surface area contributed by atoms with E-state index in [2.05, 4.69) is 32.7 Å². The van der Waals surface area contributed by atoms with Crippen molar-refractivity contribution in [1.29, 1.82) is 0 Å². The van der Waals surface area contributed by atoms with Crippen LogP contribution in [0.25, 0.3) is 0 Å². The van der Waals surface area contributed by atoms with Crippen LogP contribution in [-0.2, 0) is 35.1 Å². The molecule has 1 heterocycles. The van der Waals surface area contributed by atoms with Crippen LogP contribution >= 0.6 is 0 Å². The molecule has 46 heavy (non-hydrogen) atoms. The fraction of sp³-hybridized carbons (Fsp3) is 0.842. The minimum absolute atomic E-state index is 0.0687. The van der Waals surface area contributed by atoms with Gasteiger partial charge in [0.25, 0.3) is 0 Å². The van der Waals surface area contributed by atoms with Gasteiger partial charge in [-0.3, -0.25) is 14.4 Å². The van der Waals surface area contributed by atoms with E-state index >= 15 is 0 Å². The smallest absolute Gasteiger partial charge is 0.306 e. The third-order valence-electron chi connectivity index (χ3n) is 8.80. The van der Waals surface area contributed by atoms with Gasteiger partial charge in [-0.2, -0.15) is 0 Å². The van der Waals surface area contributed by atoms with E-state index in [4.69, 9.17) is 14.2 Å². The highest BCUT2D eigenvalue weighted by Gasteiger charge is 2.15. The standard InChI is InChI=1S/C38H68N2O6/c1-5-7-18-33(3)23-25-36(41)44-30-15-11-9-13-20-35(46-38(43)22-17-28-40-29-27-39-32-40)21-14-10-12-16-31-45-37(42)26-24-34(4)19-8-6-2/h27,29,32-35H,5-26,28,30-31H2,1-4H3. The number of esters is 3. The van der Waals surface area contributed by atoms with Crippen molar-refractivity contribution < 1.29 is 28.6 Å².